The number of hydrogen-bond acceptors (Lipinski definition) is 5. The maximum absolute atomic E-state index is 12.8. The molecular formula is C17H20N4O3S. The number of carbonyl (C=O) groups is 1. The van der Waals surface area contributed by atoms with Crippen LogP contribution in [-0.4, -0.2) is 41.2 Å². The van der Waals surface area contributed by atoms with E-state index in [1.807, 2.05) is 6.92 Å². The van der Waals surface area contributed by atoms with E-state index in [2.05, 4.69) is 15.3 Å². The maximum atomic E-state index is 12.8. The van der Waals surface area contributed by atoms with Crippen LogP contribution in [-0.2, 0) is 10.0 Å². The van der Waals surface area contributed by atoms with Gasteiger partial charge in [0.25, 0.3) is 5.91 Å². The van der Waals surface area contributed by atoms with Gasteiger partial charge in [-0.15, -0.1) is 0 Å². The molecule has 1 aromatic carbocycles. The van der Waals surface area contributed by atoms with E-state index in [1.165, 1.54) is 30.7 Å². The fourth-order valence-electron chi connectivity index (χ4n) is 2.89. The number of piperidine rings is 1. The molecule has 1 aliphatic rings. The number of sulfonamides is 1. The number of nitrogens with one attached hydrogen (secondary N) is 1. The highest BCUT2D eigenvalue weighted by Gasteiger charge is 2.30. The molecule has 1 aromatic heterocycles. The van der Waals surface area contributed by atoms with Crippen LogP contribution in [0.1, 0.15) is 36.7 Å². The summed E-state index contributed by atoms with van der Waals surface area (Å²) in [6.07, 6.45) is 7.11. The molecule has 1 saturated heterocycles. The third-order valence-electron chi connectivity index (χ3n) is 4.26. The number of benzene rings is 1. The molecule has 1 atom stereocenters. The Morgan fingerprint density at radius 2 is 1.96 bits per heavy atom. The number of aromatic nitrogens is 2. The smallest absolute Gasteiger partial charge is 0.275 e. The van der Waals surface area contributed by atoms with E-state index in [-0.39, 0.29) is 16.6 Å². The summed E-state index contributed by atoms with van der Waals surface area (Å²) in [5, 5.41) is 2.68. The van der Waals surface area contributed by atoms with Crippen molar-refractivity contribution in [2.24, 2.45) is 0 Å². The summed E-state index contributed by atoms with van der Waals surface area (Å²) >= 11 is 0. The Labute approximate surface area is 147 Å². The molecule has 2 heterocycles. The predicted molar refractivity (Wildman–Crippen MR) is 93.6 cm³/mol. The van der Waals surface area contributed by atoms with Gasteiger partial charge in [0.15, 0.2) is 0 Å². The third kappa shape index (κ3) is 3.85. The lowest BCUT2D eigenvalue weighted by molar-refractivity contribution is 0.102. The monoisotopic (exact) mass is 360 g/mol. The van der Waals surface area contributed by atoms with E-state index in [4.69, 9.17) is 0 Å². The summed E-state index contributed by atoms with van der Waals surface area (Å²) in [4.78, 5) is 20.0. The quantitative estimate of drug-likeness (QED) is 0.903. The average Bonchev–Trinajstić information content (AvgIpc) is 2.63. The molecule has 1 fully saturated rings. The van der Waals surface area contributed by atoms with Crippen LogP contribution in [0.15, 0.2) is 47.8 Å². The number of nitrogens with zero attached hydrogens (tertiary/aromatic N) is 3. The van der Waals surface area contributed by atoms with Crippen LogP contribution < -0.4 is 5.32 Å². The molecule has 0 radical (unpaired) electrons. The molecule has 7 nitrogen and oxygen atoms in total. The zero-order valence-electron chi connectivity index (χ0n) is 13.9. The molecule has 0 bridgehead atoms. The maximum Gasteiger partial charge on any atom is 0.275 e. The Hall–Kier alpha value is -2.32. The molecule has 2 aromatic rings. The second-order valence-corrected chi connectivity index (χ2v) is 7.92. The normalized spacial score (nSPS) is 18.7. The lowest BCUT2D eigenvalue weighted by Crippen LogP contribution is -2.41. The Morgan fingerprint density at radius 3 is 2.60 bits per heavy atom. The van der Waals surface area contributed by atoms with E-state index in [1.54, 1.807) is 16.4 Å². The minimum atomic E-state index is -3.51. The summed E-state index contributed by atoms with van der Waals surface area (Å²) < 4.78 is 27.1. The van der Waals surface area contributed by atoms with Crippen LogP contribution in [0.25, 0.3) is 0 Å². The van der Waals surface area contributed by atoms with E-state index < -0.39 is 15.9 Å². The van der Waals surface area contributed by atoms with Crippen LogP contribution in [0, 0.1) is 0 Å². The number of hydrogen-bond donors (Lipinski definition) is 1. The highest BCUT2D eigenvalue weighted by molar-refractivity contribution is 7.89. The summed E-state index contributed by atoms with van der Waals surface area (Å²) in [5.74, 6) is -0.395. The van der Waals surface area contributed by atoms with Crippen LogP contribution in [0.4, 0.5) is 5.69 Å². The number of rotatable bonds is 4. The first-order valence-electron chi connectivity index (χ1n) is 8.18. The Kier molecular flexibility index (Phi) is 5.10. The lowest BCUT2D eigenvalue weighted by Gasteiger charge is -2.32. The number of carbonyl (C=O) groups excluding carboxylic acids is 1. The minimum Gasteiger partial charge on any atom is -0.321 e. The summed E-state index contributed by atoms with van der Waals surface area (Å²) in [7, 11) is -3.51. The first-order valence-corrected chi connectivity index (χ1v) is 9.62. The van der Waals surface area contributed by atoms with Crippen LogP contribution >= 0.6 is 0 Å². The van der Waals surface area contributed by atoms with Gasteiger partial charge in [0.2, 0.25) is 10.0 Å². The van der Waals surface area contributed by atoms with Crippen molar-refractivity contribution >= 4 is 21.6 Å². The van der Waals surface area contributed by atoms with Gasteiger partial charge in [-0.05, 0) is 44.0 Å². The highest BCUT2D eigenvalue weighted by atomic mass is 32.2. The fraction of sp³-hybridized carbons (Fsp3) is 0.353. The molecule has 3 rings (SSSR count). The van der Waals surface area contributed by atoms with Gasteiger partial charge in [-0.3, -0.25) is 9.78 Å². The first kappa shape index (κ1) is 17.5. The molecule has 1 N–H and O–H groups in total. The molecule has 0 aliphatic carbocycles. The van der Waals surface area contributed by atoms with E-state index in [0.29, 0.717) is 12.2 Å². The SMILES string of the molecule is C[C@H]1CCCCN1S(=O)(=O)c1ccc(NC(=O)c2cnccn2)cc1. The Morgan fingerprint density at radius 1 is 1.20 bits per heavy atom. The second-order valence-electron chi connectivity index (χ2n) is 6.03. The van der Waals surface area contributed by atoms with Gasteiger partial charge in [-0.2, -0.15) is 4.31 Å². The van der Waals surface area contributed by atoms with Crippen molar-refractivity contribution < 1.29 is 13.2 Å². The van der Waals surface area contributed by atoms with Crippen molar-refractivity contribution in [3.63, 3.8) is 0 Å². The lowest BCUT2D eigenvalue weighted by atomic mass is 10.1. The van der Waals surface area contributed by atoms with Crippen molar-refractivity contribution in [3.8, 4) is 0 Å². The molecule has 0 unspecified atom stereocenters. The molecule has 0 spiro atoms. The summed E-state index contributed by atoms with van der Waals surface area (Å²) in [5.41, 5.74) is 0.697. The number of amides is 1. The third-order valence-corrected chi connectivity index (χ3v) is 6.28. The highest BCUT2D eigenvalue weighted by Crippen LogP contribution is 2.25. The van der Waals surface area contributed by atoms with Gasteiger partial charge in [0, 0.05) is 30.7 Å². The van der Waals surface area contributed by atoms with Crippen molar-refractivity contribution in [2.45, 2.75) is 37.1 Å². The molecular weight excluding hydrogens is 340 g/mol. The fourth-order valence-corrected chi connectivity index (χ4v) is 4.59. The van der Waals surface area contributed by atoms with Crippen molar-refractivity contribution in [3.05, 3.63) is 48.5 Å². The standard InChI is InChI=1S/C17H20N4O3S/c1-13-4-2-3-11-21(13)25(23,24)15-7-5-14(6-8-15)20-17(22)16-12-18-9-10-19-16/h5-10,12-13H,2-4,11H2,1H3,(H,20,22)/t13-/m0/s1. The molecule has 0 saturated carbocycles. The molecule has 1 amide bonds. The van der Waals surface area contributed by atoms with E-state index >= 15 is 0 Å². The van der Waals surface area contributed by atoms with E-state index in [0.717, 1.165) is 19.3 Å². The van der Waals surface area contributed by atoms with Gasteiger partial charge in [0.05, 0.1) is 11.1 Å². The van der Waals surface area contributed by atoms with Gasteiger partial charge < -0.3 is 5.32 Å². The zero-order valence-corrected chi connectivity index (χ0v) is 14.7. The van der Waals surface area contributed by atoms with Gasteiger partial charge in [0.1, 0.15) is 5.69 Å². The predicted octanol–water partition coefficient (Wildman–Crippen LogP) is 2.29. The molecule has 132 valence electrons. The largest absolute Gasteiger partial charge is 0.321 e. The van der Waals surface area contributed by atoms with Crippen LogP contribution in [0.3, 0.4) is 0 Å². The average molecular weight is 360 g/mol. The van der Waals surface area contributed by atoms with Gasteiger partial charge >= 0.3 is 0 Å². The van der Waals surface area contributed by atoms with Gasteiger partial charge in [-0.1, -0.05) is 6.42 Å². The molecule has 1 aliphatic heterocycles. The zero-order chi connectivity index (χ0) is 17.9. The first-order chi connectivity index (χ1) is 12.0. The Bertz CT molecular complexity index is 838. The summed E-state index contributed by atoms with van der Waals surface area (Å²) in [6, 6.07) is 6.20. The Balaban J connectivity index is 1.74. The van der Waals surface area contributed by atoms with Crippen molar-refractivity contribution in [2.75, 3.05) is 11.9 Å². The number of anilines is 1. The second kappa shape index (κ2) is 7.28. The van der Waals surface area contributed by atoms with Crippen LogP contribution in [0.5, 0.6) is 0 Å². The van der Waals surface area contributed by atoms with Gasteiger partial charge in [-0.25, -0.2) is 13.4 Å². The molecule has 25 heavy (non-hydrogen) atoms. The topological polar surface area (TPSA) is 92.3 Å². The van der Waals surface area contributed by atoms with Crippen LogP contribution in [0.2, 0.25) is 0 Å². The van der Waals surface area contributed by atoms with E-state index in [9.17, 15) is 13.2 Å². The minimum absolute atomic E-state index is 0.00906. The summed E-state index contributed by atoms with van der Waals surface area (Å²) in [6.45, 7) is 2.49. The van der Waals surface area contributed by atoms with Crippen molar-refractivity contribution in [1.29, 1.82) is 0 Å². The van der Waals surface area contributed by atoms with Crippen molar-refractivity contribution in [1.82, 2.24) is 14.3 Å². The molecule has 8 heteroatoms.